The Morgan fingerprint density at radius 2 is 1.45 bits per heavy atom. The van der Waals surface area contributed by atoms with Gasteiger partial charge in [0.15, 0.2) is 23.0 Å². The van der Waals surface area contributed by atoms with Crippen molar-refractivity contribution in [2.75, 3.05) is 54.1 Å². The molecular weight excluding hydrogens is 576 g/mol. The lowest BCUT2D eigenvalue weighted by atomic mass is 10.1. The summed E-state index contributed by atoms with van der Waals surface area (Å²) in [6.45, 7) is 19.3. The number of aromatic hydroxyl groups is 2. The molecule has 2 aromatic carbocycles. The number of allylic oxidation sites excluding steroid dienone is 2. The van der Waals surface area contributed by atoms with Crippen LogP contribution < -0.4 is 14.2 Å². The van der Waals surface area contributed by atoms with Crippen LogP contribution in [0.1, 0.15) is 42.5 Å². The van der Waals surface area contributed by atoms with Gasteiger partial charge in [0.05, 0.1) is 32.7 Å². The van der Waals surface area contributed by atoms with Crippen LogP contribution in [-0.2, 0) is 6.54 Å². The molecule has 1 fully saturated rings. The molecule has 0 spiro atoms. The average Bonchev–Trinajstić information content (AvgIpc) is 3.38. The molecule has 44 heavy (non-hydrogen) atoms. The molecule has 1 aromatic heterocycles. The molecule has 3 aromatic rings. The molecule has 0 bridgehead atoms. The first-order valence-corrected chi connectivity index (χ1v) is 15.4. The number of methoxy groups -OCH3 is 3. The summed E-state index contributed by atoms with van der Waals surface area (Å²) in [6, 6.07) is 7.35. The zero-order chi connectivity index (χ0) is 32.1. The fourth-order valence-corrected chi connectivity index (χ4v) is 6.02. The molecule has 0 amide bonds. The van der Waals surface area contributed by atoms with E-state index in [0.29, 0.717) is 23.8 Å². The summed E-state index contributed by atoms with van der Waals surface area (Å²) < 4.78 is 16.1. The lowest BCUT2D eigenvalue weighted by molar-refractivity contribution is 0.133. The maximum Gasteiger partial charge on any atom is 0.200 e. The van der Waals surface area contributed by atoms with Crippen LogP contribution in [0.15, 0.2) is 52.7 Å². The van der Waals surface area contributed by atoms with Crippen molar-refractivity contribution in [2.45, 2.75) is 41.2 Å². The Morgan fingerprint density at radius 1 is 0.886 bits per heavy atom. The van der Waals surface area contributed by atoms with Gasteiger partial charge in [-0.15, -0.1) is 11.3 Å². The molecule has 2 heterocycles. The second-order valence-electron chi connectivity index (χ2n) is 11.2. The van der Waals surface area contributed by atoms with Crippen LogP contribution in [0.5, 0.6) is 28.7 Å². The van der Waals surface area contributed by atoms with Crippen LogP contribution in [0.3, 0.4) is 0 Å². The maximum atomic E-state index is 10.3. The largest absolute Gasteiger partial charge is 0.504 e. The molecule has 1 aliphatic rings. The van der Waals surface area contributed by atoms with Crippen LogP contribution >= 0.6 is 11.3 Å². The molecule has 9 nitrogen and oxygen atoms in total. The monoisotopic (exact) mass is 620 g/mol. The van der Waals surface area contributed by atoms with Gasteiger partial charge in [0.25, 0.3) is 0 Å². The van der Waals surface area contributed by atoms with Crippen LogP contribution in [0, 0.1) is 13.8 Å². The number of aliphatic imine (C=N–C) groups is 1. The molecular formula is C34H44N4O5S. The SMILES string of the molecule is C=C(C)/C(C)=C(/CN1CCN(Cc2nc(-c3cc(C)c(O)c(OC)c3)sc2C)CC1)N=C(C)c1cc(OC)c(O)c(OC)c1. The van der Waals surface area contributed by atoms with Crippen molar-refractivity contribution < 1.29 is 24.4 Å². The zero-order valence-corrected chi connectivity index (χ0v) is 27.9. The van der Waals surface area contributed by atoms with E-state index in [2.05, 4.69) is 30.2 Å². The minimum Gasteiger partial charge on any atom is -0.504 e. The minimum atomic E-state index is -0.0296. The van der Waals surface area contributed by atoms with Crippen LogP contribution in [0.2, 0.25) is 0 Å². The van der Waals surface area contributed by atoms with Gasteiger partial charge in [-0.2, -0.15) is 0 Å². The van der Waals surface area contributed by atoms with E-state index in [1.165, 1.54) is 19.1 Å². The van der Waals surface area contributed by atoms with Crippen LogP contribution in [0.25, 0.3) is 10.6 Å². The minimum absolute atomic E-state index is 0.0296. The van der Waals surface area contributed by atoms with E-state index in [-0.39, 0.29) is 11.5 Å². The van der Waals surface area contributed by atoms with E-state index in [0.717, 1.165) is 82.7 Å². The highest BCUT2D eigenvalue weighted by Gasteiger charge is 2.22. The standard InChI is InChI=1S/C34H44N4O5S/c1-20(2)22(4)27(35-23(5)25-15-30(42-8)33(40)31(16-25)43-9)18-37-10-12-38(13-11-37)19-28-24(6)44-34(36-28)26-14-21(3)32(39)29(17-26)41-7/h14-17,39-40H,1,10-13,18-19H2,2-9H3/b27-22-,35-23?. The highest BCUT2D eigenvalue weighted by Crippen LogP contribution is 2.38. The molecule has 1 aliphatic heterocycles. The van der Waals surface area contributed by atoms with Gasteiger partial charge < -0.3 is 24.4 Å². The number of piperazine rings is 1. The highest BCUT2D eigenvalue weighted by molar-refractivity contribution is 7.15. The first-order chi connectivity index (χ1) is 20.9. The van der Waals surface area contributed by atoms with Crippen molar-refractivity contribution >= 4 is 17.0 Å². The van der Waals surface area contributed by atoms with Gasteiger partial charge in [0.1, 0.15) is 5.01 Å². The fourth-order valence-electron chi connectivity index (χ4n) is 5.11. The molecule has 0 aliphatic carbocycles. The number of phenols is 2. The number of rotatable bonds is 11. The van der Waals surface area contributed by atoms with Gasteiger partial charge in [-0.05, 0) is 70.0 Å². The summed E-state index contributed by atoms with van der Waals surface area (Å²) in [5, 5.41) is 21.5. The molecule has 4 rings (SSSR count). The van der Waals surface area contributed by atoms with E-state index in [1.54, 1.807) is 30.6 Å². The summed E-state index contributed by atoms with van der Waals surface area (Å²) in [5.74, 6) is 1.28. The Hall–Kier alpha value is -3.86. The Labute approximate surface area is 264 Å². The van der Waals surface area contributed by atoms with Crippen molar-refractivity contribution in [2.24, 2.45) is 4.99 Å². The van der Waals surface area contributed by atoms with E-state index in [9.17, 15) is 10.2 Å². The molecule has 236 valence electrons. The van der Waals surface area contributed by atoms with Crippen LogP contribution in [0.4, 0.5) is 0 Å². The molecule has 0 saturated carbocycles. The summed E-state index contributed by atoms with van der Waals surface area (Å²) in [6.07, 6.45) is 0. The first-order valence-electron chi connectivity index (χ1n) is 14.6. The predicted molar refractivity (Wildman–Crippen MR) is 178 cm³/mol. The Kier molecular flexibility index (Phi) is 10.7. The van der Waals surface area contributed by atoms with Crippen LogP contribution in [-0.4, -0.2) is 84.8 Å². The van der Waals surface area contributed by atoms with E-state index < -0.39 is 0 Å². The topological polar surface area (TPSA) is 99.9 Å². The zero-order valence-electron chi connectivity index (χ0n) is 27.1. The van der Waals surface area contributed by atoms with E-state index in [1.807, 2.05) is 32.9 Å². The highest BCUT2D eigenvalue weighted by atomic mass is 32.1. The lowest BCUT2D eigenvalue weighted by Gasteiger charge is -2.34. The van der Waals surface area contributed by atoms with E-state index >= 15 is 0 Å². The fraction of sp³-hybridized carbons (Fsp3) is 0.412. The Morgan fingerprint density at radius 3 is 2.02 bits per heavy atom. The summed E-state index contributed by atoms with van der Waals surface area (Å²) >= 11 is 1.67. The number of hydrogen-bond donors (Lipinski definition) is 2. The normalized spacial score (nSPS) is 15.2. The summed E-state index contributed by atoms with van der Waals surface area (Å²) in [7, 11) is 4.60. The van der Waals surface area contributed by atoms with Gasteiger partial charge in [0.2, 0.25) is 5.75 Å². The molecule has 0 radical (unpaired) electrons. The van der Waals surface area contributed by atoms with Gasteiger partial charge in [-0.25, -0.2) is 4.98 Å². The number of aryl methyl sites for hydroxylation is 2. The number of aromatic nitrogens is 1. The molecule has 0 unspecified atom stereocenters. The van der Waals surface area contributed by atoms with Crippen molar-refractivity contribution in [3.05, 3.63) is 69.4 Å². The lowest BCUT2D eigenvalue weighted by Crippen LogP contribution is -2.46. The second-order valence-corrected chi connectivity index (χ2v) is 12.4. The molecule has 1 saturated heterocycles. The number of phenolic OH excluding ortho intramolecular Hbond substituents is 2. The molecule has 10 heteroatoms. The summed E-state index contributed by atoms with van der Waals surface area (Å²) in [4.78, 5) is 16.1. The molecule has 2 N–H and O–H groups in total. The van der Waals surface area contributed by atoms with Crippen molar-refractivity contribution in [1.82, 2.24) is 14.8 Å². The van der Waals surface area contributed by atoms with E-state index in [4.69, 9.17) is 24.2 Å². The third kappa shape index (κ3) is 7.43. The smallest absolute Gasteiger partial charge is 0.200 e. The third-order valence-corrected chi connectivity index (χ3v) is 9.17. The predicted octanol–water partition coefficient (Wildman–Crippen LogP) is 6.34. The van der Waals surface area contributed by atoms with Gasteiger partial charge in [-0.3, -0.25) is 14.8 Å². The van der Waals surface area contributed by atoms with Gasteiger partial charge in [0, 0.05) is 61.0 Å². The Balaban J connectivity index is 1.45. The number of benzene rings is 2. The van der Waals surface area contributed by atoms with Crippen molar-refractivity contribution in [1.29, 1.82) is 0 Å². The number of ether oxygens (including phenoxy) is 3. The average molecular weight is 621 g/mol. The first kappa shape index (κ1) is 33.0. The molecule has 0 atom stereocenters. The summed E-state index contributed by atoms with van der Waals surface area (Å²) in [5.41, 5.74) is 7.43. The number of thiazole rings is 1. The van der Waals surface area contributed by atoms with Crippen molar-refractivity contribution in [3.63, 3.8) is 0 Å². The Bertz CT molecular complexity index is 1560. The van der Waals surface area contributed by atoms with Crippen molar-refractivity contribution in [3.8, 4) is 39.3 Å². The van der Waals surface area contributed by atoms with Gasteiger partial charge in [-0.1, -0.05) is 12.2 Å². The van der Waals surface area contributed by atoms with Gasteiger partial charge >= 0.3 is 0 Å². The number of nitrogens with zero attached hydrogens (tertiary/aromatic N) is 4. The third-order valence-electron chi connectivity index (χ3n) is 8.11. The second kappa shape index (κ2) is 14.3. The quantitative estimate of drug-likeness (QED) is 0.189. The number of hydrogen-bond acceptors (Lipinski definition) is 10. The maximum absolute atomic E-state index is 10.3.